The molecule has 1 aliphatic carbocycles. The fourth-order valence-corrected chi connectivity index (χ4v) is 2.75. The molecule has 1 heterocycles. The van der Waals surface area contributed by atoms with Crippen molar-refractivity contribution in [2.45, 2.75) is 31.8 Å². The van der Waals surface area contributed by atoms with Crippen molar-refractivity contribution < 1.29 is 18.0 Å². The van der Waals surface area contributed by atoms with Crippen LogP contribution in [0.1, 0.15) is 18.4 Å². The van der Waals surface area contributed by atoms with E-state index in [1.165, 1.54) is 6.33 Å². The Bertz CT molecular complexity index is 699. The van der Waals surface area contributed by atoms with Crippen LogP contribution in [0.25, 0.3) is 0 Å². The molecule has 0 bridgehead atoms. The molecule has 1 amide bonds. The minimum Gasteiger partial charge on any atom is -0.353 e. The number of carbonyl (C=O) groups excluding carboxylic acids is 1. The molecule has 1 aromatic carbocycles. The summed E-state index contributed by atoms with van der Waals surface area (Å²) >= 11 is 0. The van der Waals surface area contributed by atoms with Crippen LogP contribution in [-0.4, -0.2) is 26.7 Å². The first kappa shape index (κ1) is 15.5. The van der Waals surface area contributed by atoms with E-state index >= 15 is 0 Å². The highest BCUT2D eigenvalue weighted by atomic mass is 19.2. The first-order chi connectivity index (χ1) is 11.0. The fourth-order valence-electron chi connectivity index (χ4n) is 2.75. The average molecular weight is 324 g/mol. The summed E-state index contributed by atoms with van der Waals surface area (Å²) in [7, 11) is 0. The van der Waals surface area contributed by atoms with Crippen LogP contribution >= 0.6 is 0 Å². The van der Waals surface area contributed by atoms with Gasteiger partial charge in [0.1, 0.15) is 18.5 Å². The molecule has 0 spiro atoms. The van der Waals surface area contributed by atoms with Gasteiger partial charge in [0.2, 0.25) is 5.91 Å². The predicted molar refractivity (Wildman–Crippen MR) is 74.7 cm³/mol. The van der Waals surface area contributed by atoms with Crippen LogP contribution in [0.2, 0.25) is 0 Å². The summed E-state index contributed by atoms with van der Waals surface area (Å²) in [4.78, 5) is 15.7. The van der Waals surface area contributed by atoms with E-state index in [9.17, 15) is 18.0 Å². The van der Waals surface area contributed by atoms with Crippen molar-refractivity contribution in [2.75, 3.05) is 0 Å². The van der Waals surface area contributed by atoms with Crippen LogP contribution in [0, 0.1) is 23.4 Å². The molecule has 0 saturated heterocycles. The Hall–Kier alpha value is -2.38. The lowest BCUT2D eigenvalue weighted by atomic mass is 9.80. The second-order valence-electron chi connectivity index (χ2n) is 5.75. The molecule has 1 aromatic heterocycles. The number of halogens is 3. The van der Waals surface area contributed by atoms with Crippen molar-refractivity contribution in [3.8, 4) is 0 Å². The third-order valence-corrected chi connectivity index (χ3v) is 3.95. The smallest absolute Gasteiger partial charge is 0.224 e. The van der Waals surface area contributed by atoms with Crippen molar-refractivity contribution in [1.82, 2.24) is 20.1 Å². The highest BCUT2D eigenvalue weighted by molar-refractivity contribution is 5.79. The maximum absolute atomic E-state index is 13.5. The normalized spacial score (nSPS) is 20.1. The molecule has 3 rings (SSSR count). The number of rotatable bonds is 5. The number of carbonyl (C=O) groups is 1. The molecular weight excluding hydrogens is 309 g/mol. The highest BCUT2D eigenvalue weighted by Crippen LogP contribution is 2.28. The van der Waals surface area contributed by atoms with Crippen molar-refractivity contribution in [2.24, 2.45) is 5.92 Å². The number of hydrogen-bond acceptors (Lipinski definition) is 3. The average Bonchev–Trinajstić information content (AvgIpc) is 2.95. The zero-order valence-electron chi connectivity index (χ0n) is 12.2. The van der Waals surface area contributed by atoms with E-state index in [-0.39, 0.29) is 18.0 Å². The van der Waals surface area contributed by atoms with Gasteiger partial charge in [0.15, 0.2) is 11.6 Å². The van der Waals surface area contributed by atoms with Gasteiger partial charge in [-0.15, -0.1) is 0 Å². The number of nitrogens with zero attached hydrogens (tertiary/aromatic N) is 3. The van der Waals surface area contributed by atoms with Crippen molar-refractivity contribution in [3.05, 3.63) is 47.8 Å². The Labute approximate surface area is 130 Å². The van der Waals surface area contributed by atoms with E-state index in [4.69, 9.17) is 0 Å². The molecule has 0 aliphatic heterocycles. The summed E-state index contributed by atoms with van der Waals surface area (Å²) in [5.41, 5.74) is -0.153. The van der Waals surface area contributed by atoms with E-state index in [1.807, 2.05) is 0 Å². The molecular formula is C15H15F3N4O. The minimum atomic E-state index is -1.26. The second kappa shape index (κ2) is 6.39. The van der Waals surface area contributed by atoms with Crippen LogP contribution in [0.4, 0.5) is 13.2 Å². The number of aromatic nitrogens is 3. The lowest BCUT2D eigenvalue weighted by molar-refractivity contribution is -0.122. The number of hydrogen-bond donors (Lipinski definition) is 1. The molecule has 23 heavy (non-hydrogen) atoms. The highest BCUT2D eigenvalue weighted by Gasteiger charge is 2.30. The topological polar surface area (TPSA) is 59.8 Å². The predicted octanol–water partition coefficient (Wildman–Crippen LogP) is 1.83. The molecule has 1 N–H and O–H groups in total. The number of amides is 1. The van der Waals surface area contributed by atoms with Gasteiger partial charge in [-0.1, -0.05) is 0 Å². The molecule has 1 fully saturated rings. The summed E-state index contributed by atoms with van der Waals surface area (Å²) in [6, 6.07) is 1.19. The lowest BCUT2D eigenvalue weighted by Crippen LogP contribution is -2.46. The first-order valence-electron chi connectivity index (χ1n) is 7.26. The van der Waals surface area contributed by atoms with E-state index < -0.39 is 23.4 Å². The summed E-state index contributed by atoms with van der Waals surface area (Å²) < 4.78 is 41.2. The molecule has 5 nitrogen and oxygen atoms in total. The molecule has 0 atom stereocenters. The van der Waals surface area contributed by atoms with Crippen molar-refractivity contribution in [1.29, 1.82) is 0 Å². The van der Waals surface area contributed by atoms with Gasteiger partial charge in [-0.2, -0.15) is 5.10 Å². The zero-order chi connectivity index (χ0) is 16.4. The van der Waals surface area contributed by atoms with E-state index in [0.29, 0.717) is 12.0 Å². The van der Waals surface area contributed by atoms with Crippen LogP contribution in [-0.2, 0) is 17.8 Å². The van der Waals surface area contributed by atoms with Crippen molar-refractivity contribution >= 4 is 5.91 Å². The van der Waals surface area contributed by atoms with E-state index in [2.05, 4.69) is 15.4 Å². The number of nitrogens with one attached hydrogen (secondary N) is 1. The Balaban J connectivity index is 1.47. The largest absolute Gasteiger partial charge is 0.353 e. The fraction of sp³-hybridized carbons (Fsp3) is 0.400. The van der Waals surface area contributed by atoms with E-state index in [1.54, 1.807) is 11.0 Å². The van der Waals surface area contributed by atoms with Crippen LogP contribution in [0.5, 0.6) is 0 Å². The molecule has 0 radical (unpaired) electrons. The first-order valence-corrected chi connectivity index (χ1v) is 7.26. The van der Waals surface area contributed by atoms with Gasteiger partial charge in [-0.3, -0.25) is 9.48 Å². The minimum absolute atomic E-state index is 0.0179. The quantitative estimate of drug-likeness (QED) is 0.854. The van der Waals surface area contributed by atoms with Crippen LogP contribution < -0.4 is 5.32 Å². The van der Waals surface area contributed by atoms with E-state index in [0.717, 1.165) is 25.5 Å². The molecule has 1 saturated carbocycles. The lowest BCUT2D eigenvalue weighted by Gasteiger charge is -2.35. The Morgan fingerprint density at radius 3 is 2.65 bits per heavy atom. The van der Waals surface area contributed by atoms with Gasteiger partial charge < -0.3 is 5.32 Å². The van der Waals surface area contributed by atoms with Gasteiger partial charge in [0.05, 0.1) is 6.42 Å². The Morgan fingerprint density at radius 2 is 1.96 bits per heavy atom. The molecule has 2 aromatic rings. The summed E-state index contributed by atoms with van der Waals surface area (Å²) in [6.07, 6.45) is 4.39. The van der Waals surface area contributed by atoms with Gasteiger partial charge in [0.25, 0.3) is 0 Å². The third-order valence-electron chi connectivity index (χ3n) is 3.95. The zero-order valence-corrected chi connectivity index (χ0v) is 12.2. The van der Waals surface area contributed by atoms with Gasteiger partial charge in [0, 0.05) is 24.2 Å². The molecule has 0 unspecified atom stereocenters. The third kappa shape index (κ3) is 3.69. The monoisotopic (exact) mass is 324 g/mol. The molecule has 122 valence electrons. The number of benzene rings is 1. The van der Waals surface area contributed by atoms with Crippen LogP contribution in [0.3, 0.4) is 0 Å². The molecule has 8 heteroatoms. The maximum Gasteiger partial charge on any atom is 0.224 e. The van der Waals surface area contributed by atoms with Gasteiger partial charge in [-0.25, -0.2) is 18.2 Å². The van der Waals surface area contributed by atoms with Gasteiger partial charge in [-0.05, 0) is 24.8 Å². The Morgan fingerprint density at radius 1 is 1.22 bits per heavy atom. The van der Waals surface area contributed by atoms with Crippen molar-refractivity contribution in [3.63, 3.8) is 0 Å². The van der Waals surface area contributed by atoms with Crippen LogP contribution in [0.15, 0.2) is 24.8 Å². The Kier molecular flexibility index (Phi) is 4.31. The summed E-state index contributed by atoms with van der Waals surface area (Å²) in [5, 5.41) is 6.78. The standard InChI is InChI=1S/C15H15F3N4O/c16-12-5-14(18)13(17)3-10(12)4-15(23)21-11-1-9(2-11)6-22-8-19-7-20-22/h3,5,7-9,11H,1-2,4,6H2,(H,21,23). The summed E-state index contributed by atoms with van der Waals surface area (Å²) in [5.74, 6) is -3.34. The summed E-state index contributed by atoms with van der Waals surface area (Å²) in [6.45, 7) is 0.740. The second-order valence-corrected chi connectivity index (χ2v) is 5.75. The maximum atomic E-state index is 13.5. The van der Waals surface area contributed by atoms with Gasteiger partial charge >= 0.3 is 0 Å². The SMILES string of the molecule is O=C(Cc1cc(F)c(F)cc1F)NC1CC(Cn2cncn2)C1. The molecule has 1 aliphatic rings.